The molecule has 0 saturated heterocycles. The van der Waals surface area contributed by atoms with Gasteiger partial charge in [-0.1, -0.05) is 12.1 Å². The Hall–Kier alpha value is -2.16. The van der Waals surface area contributed by atoms with Crippen LogP contribution in [0.4, 0.5) is 0 Å². The van der Waals surface area contributed by atoms with Gasteiger partial charge in [0, 0.05) is 23.0 Å². The molecule has 1 aliphatic carbocycles. The van der Waals surface area contributed by atoms with Crippen molar-refractivity contribution in [2.24, 2.45) is 0 Å². The number of hydrogen-bond donors (Lipinski definition) is 0. The molecule has 0 N–H and O–H groups in total. The van der Waals surface area contributed by atoms with Crippen LogP contribution in [0.15, 0.2) is 42.6 Å². The second-order valence-corrected chi connectivity index (χ2v) is 4.86. The third-order valence-corrected chi connectivity index (χ3v) is 3.08. The van der Waals surface area contributed by atoms with Gasteiger partial charge in [-0.3, -0.25) is 9.78 Å². The number of nitrogens with zero attached hydrogens (tertiary/aromatic N) is 1. The third kappa shape index (κ3) is 2.81. The van der Waals surface area contributed by atoms with Crippen molar-refractivity contribution in [1.29, 1.82) is 0 Å². The molecular formula is C16H15NO2. The minimum atomic E-state index is 0.00625. The number of aromatic nitrogens is 1. The normalized spacial score (nSPS) is 14.2. The Bertz CT molecular complexity index is 618. The fourth-order valence-electron chi connectivity index (χ4n) is 1.94. The van der Waals surface area contributed by atoms with Gasteiger partial charge in [0.1, 0.15) is 5.75 Å². The van der Waals surface area contributed by atoms with Gasteiger partial charge in [0.2, 0.25) is 0 Å². The number of ketones is 1. The fourth-order valence-corrected chi connectivity index (χ4v) is 1.94. The molecule has 19 heavy (non-hydrogen) atoms. The number of hydrogen-bond acceptors (Lipinski definition) is 3. The molecule has 0 aliphatic heterocycles. The number of benzene rings is 1. The molecule has 2 aromatic rings. The molecule has 3 heteroatoms. The number of carbonyl (C=O) groups is 1. The van der Waals surface area contributed by atoms with E-state index in [1.54, 1.807) is 18.3 Å². The summed E-state index contributed by atoms with van der Waals surface area (Å²) in [6.45, 7) is 1.88. The van der Waals surface area contributed by atoms with Crippen LogP contribution in [0.25, 0.3) is 0 Å². The van der Waals surface area contributed by atoms with Crippen LogP contribution >= 0.6 is 0 Å². The van der Waals surface area contributed by atoms with Crippen LogP contribution in [0.3, 0.4) is 0 Å². The van der Waals surface area contributed by atoms with E-state index in [-0.39, 0.29) is 5.78 Å². The molecule has 3 nitrogen and oxygen atoms in total. The third-order valence-electron chi connectivity index (χ3n) is 3.08. The zero-order valence-corrected chi connectivity index (χ0v) is 10.8. The number of aryl methyl sites for hydroxylation is 1. The van der Waals surface area contributed by atoms with Crippen LogP contribution in [0.2, 0.25) is 0 Å². The maximum atomic E-state index is 12.4. The lowest BCUT2D eigenvalue weighted by Crippen LogP contribution is -2.03. The summed E-state index contributed by atoms with van der Waals surface area (Å²) >= 11 is 0. The summed E-state index contributed by atoms with van der Waals surface area (Å²) in [4.78, 5) is 16.5. The van der Waals surface area contributed by atoms with E-state index in [2.05, 4.69) is 4.98 Å². The molecule has 0 unspecified atom stereocenters. The molecular weight excluding hydrogens is 238 g/mol. The maximum absolute atomic E-state index is 12.4. The summed E-state index contributed by atoms with van der Waals surface area (Å²) in [5, 5.41) is 0. The smallest absolute Gasteiger partial charge is 0.193 e. The van der Waals surface area contributed by atoms with Gasteiger partial charge >= 0.3 is 0 Å². The topological polar surface area (TPSA) is 39.2 Å². The highest BCUT2D eigenvalue weighted by molar-refractivity contribution is 6.09. The first-order valence-corrected chi connectivity index (χ1v) is 6.46. The summed E-state index contributed by atoms with van der Waals surface area (Å²) in [5.74, 6) is 0.783. The van der Waals surface area contributed by atoms with E-state index in [1.165, 1.54) is 0 Å². The van der Waals surface area contributed by atoms with Crippen molar-refractivity contribution in [1.82, 2.24) is 4.98 Å². The minimum Gasteiger partial charge on any atom is -0.490 e. The van der Waals surface area contributed by atoms with E-state index in [1.807, 2.05) is 31.2 Å². The van der Waals surface area contributed by atoms with E-state index < -0.39 is 0 Å². The van der Waals surface area contributed by atoms with Crippen LogP contribution in [-0.2, 0) is 0 Å². The lowest BCUT2D eigenvalue weighted by molar-refractivity contribution is 0.103. The molecule has 1 aliphatic rings. The molecule has 0 atom stereocenters. The van der Waals surface area contributed by atoms with Crippen LogP contribution in [0.1, 0.15) is 34.5 Å². The summed E-state index contributed by atoms with van der Waals surface area (Å²) in [6.07, 6.45) is 4.23. The molecule has 0 spiro atoms. The highest BCUT2D eigenvalue weighted by Gasteiger charge is 2.23. The second-order valence-electron chi connectivity index (χ2n) is 4.86. The van der Waals surface area contributed by atoms with Crippen molar-refractivity contribution in [3.05, 3.63) is 59.4 Å². The van der Waals surface area contributed by atoms with Crippen molar-refractivity contribution in [3.8, 4) is 5.75 Å². The van der Waals surface area contributed by atoms with Gasteiger partial charge in [0.15, 0.2) is 5.78 Å². The van der Waals surface area contributed by atoms with Crippen LogP contribution in [-0.4, -0.2) is 16.9 Å². The molecule has 1 aromatic carbocycles. The van der Waals surface area contributed by atoms with Gasteiger partial charge in [0.05, 0.1) is 6.10 Å². The molecule has 1 heterocycles. The molecule has 0 radical (unpaired) electrons. The zero-order valence-electron chi connectivity index (χ0n) is 10.8. The molecule has 1 fully saturated rings. The Morgan fingerprint density at radius 1 is 1.21 bits per heavy atom. The van der Waals surface area contributed by atoms with E-state index in [0.717, 1.165) is 24.3 Å². The number of rotatable bonds is 4. The van der Waals surface area contributed by atoms with Crippen LogP contribution in [0.5, 0.6) is 5.75 Å². The summed E-state index contributed by atoms with van der Waals surface area (Å²) in [6, 6.07) is 10.9. The lowest BCUT2D eigenvalue weighted by Gasteiger charge is -2.06. The summed E-state index contributed by atoms with van der Waals surface area (Å²) in [7, 11) is 0. The fraction of sp³-hybridized carbons (Fsp3) is 0.250. The highest BCUT2D eigenvalue weighted by atomic mass is 16.5. The molecule has 3 rings (SSSR count). The standard InChI is InChI=1S/C16H15NO2/c1-11-9-13(7-8-17-11)16(18)12-3-2-4-15(10-12)19-14-5-6-14/h2-4,7-10,14H,5-6H2,1H3. The highest BCUT2D eigenvalue weighted by Crippen LogP contribution is 2.27. The van der Waals surface area contributed by atoms with Crippen molar-refractivity contribution >= 4 is 5.78 Å². The molecule has 1 aromatic heterocycles. The molecule has 1 saturated carbocycles. The van der Waals surface area contributed by atoms with Gasteiger partial charge in [-0.25, -0.2) is 0 Å². The Morgan fingerprint density at radius 2 is 2.00 bits per heavy atom. The SMILES string of the molecule is Cc1cc(C(=O)c2cccc(OC3CC3)c2)ccn1. The monoisotopic (exact) mass is 253 g/mol. The first-order valence-electron chi connectivity index (χ1n) is 6.46. The van der Waals surface area contributed by atoms with Gasteiger partial charge < -0.3 is 4.74 Å². The quantitative estimate of drug-likeness (QED) is 0.786. The van der Waals surface area contributed by atoms with E-state index in [4.69, 9.17) is 4.74 Å². The Morgan fingerprint density at radius 3 is 2.74 bits per heavy atom. The van der Waals surface area contributed by atoms with Crippen LogP contribution < -0.4 is 4.74 Å². The predicted octanol–water partition coefficient (Wildman–Crippen LogP) is 3.16. The van der Waals surface area contributed by atoms with Crippen molar-refractivity contribution < 1.29 is 9.53 Å². The van der Waals surface area contributed by atoms with E-state index >= 15 is 0 Å². The largest absolute Gasteiger partial charge is 0.490 e. The van der Waals surface area contributed by atoms with E-state index in [0.29, 0.717) is 17.2 Å². The Labute approximate surface area is 112 Å². The van der Waals surface area contributed by atoms with Gasteiger partial charge in [0.25, 0.3) is 0 Å². The van der Waals surface area contributed by atoms with E-state index in [9.17, 15) is 4.79 Å². The summed E-state index contributed by atoms with van der Waals surface area (Å²) < 4.78 is 5.71. The first-order chi connectivity index (χ1) is 9.22. The van der Waals surface area contributed by atoms with Gasteiger partial charge in [-0.15, -0.1) is 0 Å². The summed E-state index contributed by atoms with van der Waals surface area (Å²) in [5.41, 5.74) is 2.16. The average Bonchev–Trinajstić information content (AvgIpc) is 3.22. The molecule has 0 amide bonds. The zero-order chi connectivity index (χ0) is 13.2. The lowest BCUT2D eigenvalue weighted by atomic mass is 10.0. The predicted molar refractivity (Wildman–Crippen MR) is 72.5 cm³/mol. The van der Waals surface area contributed by atoms with Crippen molar-refractivity contribution in [2.75, 3.05) is 0 Å². The van der Waals surface area contributed by atoms with Crippen LogP contribution in [0, 0.1) is 6.92 Å². The van der Waals surface area contributed by atoms with Crippen molar-refractivity contribution in [3.63, 3.8) is 0 Å². The maximum Gasteiger partial charge on any atom is 0.193 e. The number of pyridine rings is 1. The van der Waals surface area contributed by atoms with Gasteiger partial charge in [-0.2, -0.15) is 0 Å². The number of carbonyl (C=O) groups excluding carboxylic acids is 1. The Kier molecular flexibility index (Phi) is 3.03. The molecule has 96 valence electrons. The first kappa shape index (κ1) is 11.9. The number of ether oxygens (including phenoxy) is 1. The molecule has 0 bridgehead atoms. The Balaban J connectivity index is 1.86. The second kappa shape index (κ2) is 4.84. The average molecular weight is 253 g/mol. The van der Waals surface area contributed by atoms with Gasteiger partial charge in [-0.05, 0) is 44.0 Å². The minimum absolute atomic E-state index is 0.00625. The van der Waals surface area contributed by atoms with Crippen molar-refractivity contribution in [2.45, 2.75) is 25.9 Å².